The minimum absolute atomic E-state index is 0.0717. The Bertz CT molecular complexity index is 821. The Balaban J connectivity index is 2.02. The maximum atomic E-state index is 12.6. The molecule has 2 rings (SSSR count). The lowest BCUT2D eigenvalue weighted by atomic mass is 9.53. The number of rotatable bonds is 7. The van der Waals surface area contributed by atoms with Crippen molar-refractivity contribution in [3.8, 4) is 0 Å². The molecule has 0 radical (unpaired) electrons. The van der Waals surface area contributed by atoms with Crippen LogP contribution < -0.4 is 10.6 Å². The lowest BCUT2D eigenvalue weighted by molar-refractivity contribution is -0.139. The fraction of sp³-hybridized carbons (Fsp3) is 0.667. The van der Waals surface area contributed by atoms with Crippen LogP contribution in [0, 0.1) is 17.3 Å². The summed E-state index contributed by atoms with van der Waals surface area (Å²) >= 11 is 24.4. The molecule has 0 aromatic rings. The summed E-state index contributed by atoms with van der Waals surface area (Å²) in [5, 5.41) is 5.39. The van der Waals surface area contributed by atoms with Crippen molar-refractivity contribution in [3.63, 3.8) is 0 Å². The number of halogens is 4. The van der Waals surface area contributed by atoms with Gasteiger partial charge in [0.1, 0.15) is 0 Å². The largest absolute Gasteiger partial charge is 0.534 e. The van der Waals surface area contributed by atoms with Crippen LogP contribution in [0.15, 0.2) is 23.8 Å². The molecular weight excluding hydrogens is 497 g/mol. The van der Waals surface area contributed by atoms with E-state index in [4.69, 9.17) is 51.1 Å². The maximum Gasteiger partial charge on any atom is 0.384 e. The highest BCUT2D eigenvalue weighted by molar-refractivity contribution is 6.58. The first kappa shape index (κ1) is 27.4. The van der Waals surface area contributed by atoms with Gasteiger partial charge in [-0.1, -0.05) is 81.0 Å². The van der Waals surface area contributed by atoms with Crippen molar-refractivity contribution in [1.29, 1.82) is 0 Å². The van der Waals surface area contributed by atoms with Crippen LogP contribution in [-0.4, -0.2) is 45.9 Å². The van der Waals surface area contributed by atoms with Gasteiger partial charge in [0.25, 0.3) is 11.9 Å². The van der Waals surface area contributed by atoms with Crippen LogP contribution in [0.5, 0.6) is 0 Å². The average Bonchev–Trinajstić information content (AvgIpc) is 3.03. The highest BCUT2D eigenvalue weighted by Gasteiger charge is 2.48. The number of hydrogen-bond donors (Lipinski definition) is 2. The molecule has 6 nitrogen and oxygen atoms in total. The summed E-state index contributed by atoms with van der Waals surface area (Å²) in [4.78, 5) is 37.5. The summed E-state index contributed by atoms with van der Waals surface area (Å²) < 4.78 is 2.57. The van der Waals surface area contributed by atoms with E-state index in [9.17, 15) is 14.4 Å². The summed E-state index contributed by atoms with van der Waals surface area (Å²) in [6.45, 7) is 9.27. The molecule has 0 spiro atoms. The Morgan fingerprint density at radius 1 is 1.22 bits per heavy atom. The summed E-state index contributed by atoms with van der Waals surface area (Å²) in [5.41, 5.74) is -0.304. The van der Waals surface area contributed by atoms with Crippen LogP contribution in [0.3, 0.4) is 0 Å². The topological polar surface area (TPSA) is 84.5 Å². The minimum Gasteiger partial charge on any atom is -0.534 e. The molecule has 0 aromatic heterocycles. The molecule has 0 bridgehead atoms. The number of hydrogen-bond acceptors (Lipinski definition) is 4. The smallest absolute Gasteiger partial charge is 0.384 e. The van der Waals surface area contributed by atoms with Gasteiger partial charge in [-0.2, -0.15) is 0 Å². The van der Waals surface area contributed by atoms with E-state index in [1.807, 2.05) is 34.6 Å². The number of alkyl halides is 4. The summed E-state index contributed by atoms with van der Waals surface area (Å²) in [5.74, 6) is -1.69. The van der Waals surface area contributed by atoms with E-state index < -0.39 is 27.4 Å². The predicted octanol–water partition coefficient (Wildman–Crippen LogP) is 4.23. The van der Waals surface area contributed by atoms with Gasteiger partial charge in [0, 0.05) is 5.94 Å². The van der Waals surface area contributed by atoms with E-state index in [0.29, 0.717) is 12.7 Å². The number of carbonyl (C=O) groups is 3. The van der Waals surface area contributed by atoms with Crippen molar-refractivity contribution in [1.82, 2.24) is 10.6 Å². The minimum atomic E-state index is -1.62. The second kappa shape index (κ2) is 10.2. The van der Waals surface area contributed by atoms with Crippen LogP contribution in [-0.2, 0) is 19.0 Å². The van der Waals surface area contributed by atoms with E-state index in [1.165, 1.54) is 18.2 Å². The van der Waals surface area contributed by atoms with E-state index in [1.54, 1.807) is 0 Å². The van der Waals surface area contributed by atoms with Gasteiger partial charge in [0.2, 0.25) is 5.91 Å². The zero-order valence-electron chi connectivity index (χ0n) is 18.8. The number of carbonyl (C=O) groups excluding carboxylic acids is 3. The molecule has 1 fully saturated rings. The standard InChI is InChI=1S/C21H29BCl4N2O4/c1-12(2)8-15(22-10-14(18(31)32-22)19(3,4)5)28-16(29)11-27-17(30)13-9-20(23,24)6-7-21(13,25)26/h6-7,9,12,14-15H,8,10-11H2,1-5H3,(H,27,30)(H,28,29)/t14-,15+/m1/s1. The monoisotopic (exact) mass is 524 g/mol. The Kier molecular flexibility index (Phi) is 8.69. The summed E-state index contributed by atoms with van der Waals surface area (Å²) in [7, 11) is 0. The molecule has 1 saturated heterocycles. The third kappa shape index (κ3) is 7.31. The van der Waals surface area contributed by atoms with Gasteiger partial charge >= 0.3 is 6.92 Å². The normalized spacial score (nSPS) is 22.9. The molecule has 32 heavy (non-hydrogen) atoms. The molecule has 2 aliphatic rings. The molecule has 2 atom stereocenters. The number of nitrogens with one attached hydrogen (secondary N) is 2. The van der Waals surface area contributed by atoms with Crippen LogP contribution in [0.25, 0.3) is 0 Å². The van der Waals surface area contributed by atoms with E-state index >= 15 is 0 Å². The first-order valence-electron chi connectivity index (χ1n) is 10.5. The van der Waals surface area contributed by atoms with Gasteiger partial charge in [-0.25, -0.2) is 0 Å². The number of amides is 2. The van der Waals surface area contributed by atoms with Crippen molar-refractivity contribution in [2.24, 2.45) is 17.3 Å². The van der Waals surface area contributed by atoms with E-state index in [-0.39, 0.29) is 41.3 Å². The first-order chi connectivity index (χ1) is 14.5. The second-order valence-electron chi connectivity index (χ2n) is 9.80. The van der Waals surface area contributed by atoms with E-state index in [2.05, 4.69) is 10.6 Å². The Hall–Kier alpha value is -0.885. The second-order valence-corrected chi connectivity index (χ2v) is 12.6. The molecule has 2 amide bonds. The van der Waals surface area contributed by atoms with Crippen molar-refractivity contribution in [3.05, 3.63) is 23.8 Å². The van der Waals surface area contributed by atoms with Crippen LogP contribution in [0.2, 0.25) is 6.32 Å². The highest BCUT2D eigenvalue weighted by atomic mass is 35.5. The van der Waals surface area contributed by atoms with Crippen LogP contribution in [0.4, 0.5) is 0 Å². The molecule has 0 saturated carbocycles. The van der Waals surface area contributed by atoms with Crippen LogP contribution >= 0.6 is 46.4 Å². The molecular formula is C21H29BCl4N2O4. The van der Waals surface area contributed by atoms with Crippen molar-refractivity contribution < 1.29 is 19.0 Å². The molecule has 11 heteroatoms. The van der Waals surface area contributed by atoms with Gasteiger partial charge in [0.05, 0.1) is 18.0 Å². The summed E-state index contributed by atoms with van der Waals surface area (Å²) in [6.07, 6.45) is 5.06. The molecule has 1 aliphatic carbocycles. The van der Waals surface area contributed by atoms with Gasteiger partial charge in [0.15, 0.2) is 8.67 Å². The Morgan fingerprint density at radius 3 is 2.38 bits per heavy atom. The highest BCUT2D eigenvalue weighted by Crippen LogP contribution is 2.41. The molecule has 0 aromatic carbocycles. The lowest BCUT2D eigenvalue weighted by Crippen LogP contribution is -2.50. The zero-order valence-corrected chi connectivity index (χ0v) is 21.8. The average molecular weight is 526 g/mol. The van der Waals surface area contributed by atoms with Crippen molar-refractivity contribution in [2.75, 3.05) is 6.54 Å². The molecule has 2 N–H and O–H groups in total. The fourth-order valence-corrected chi connectivity index (χ4v) is 4.50. The molecule has 1 aliphatic heterocycles. The molecule has 178 valence electrons. The predicted molar refractivity (Wildman–Crippen MR) is 130 cm³/mol. The third-order valence-electron chi connectivity index (χ3n) is 5.45. The number of allylic oxidation sites excluding steroid dienone is 3. The first-order valence-corrected chi connectivity index (χ1v) is 12.0. The Morgan fingerprint density at radius 2 is 1.84 bits per heavy atom. The summed E-state index contributed by atoms with van der Waals surface area (Å²) in [6, 6.07) is 0. The third-order valence-corrected chi connectivity index (χ3v) is 6.58. The maximum absolute atomic E-state index is 12.6. The van der Waals surface area contributed by atoms with Crippen LogP contribution in [0.1, 0.15) is 41.0 Å². The van der Waals surface area contributed by atoms with Gasteiger partial charge < -0.3 is 15.3 Å². The van der Waals surface area contributed by atoms with Gasteiger partial charge in [-0.05, 0) is 42.3 Å². The quantitative estimate of drug-likeness (QED) is 0.296. The molecule has 1 heterocycles. The lowest BCUT2D eigenvalue weighted by Gasteiger charge is -2.27. The molecule has 0 unspecified atom stereocenters. The van der Waals surface area contributed by atoms with Gasteiger partial charge in [-0.3, -0.25) is 14.4 Å². The van der Waals surface area contributed by atoms with Crippen molar-refractivity contribution in [2.45, 2.75) is 62.0 Å². The SMILES string of the molecule is CC(C)C[C@H](NC(=O)CNC(=O)C1=CC(Cl)(Cl)C=CC1(Cl)Cl)B1C[C@@H](C(C)(C)C)C(=O)O1. The Labute approximate surface area is 209 Å². The van der Waals surface area contributed by atoms with E-state index in [0.717, 1.165) is 0 Å². The van der Waals surface area contributed by atoms with Gasteiger partial charge in [-0.15, -0.1) is 0 Å². The van der Waals surface area contributed by atoms with Crippen molar-refractivity contribution >= 4 is 71.1 Å². The fourth-order valence-electron chi connectivity index (χ4n) is 3.75. The zero-order chi connectivity index (χ0) is 24.5.